The second kappa shape index (κ2) is 11.3. The Morgan fingerprint density at radius 2 is 1.73 bits per heavy atom. The first-order valence-electron chi connectivity index (χ1n) is 11.5. The Labute approximate surface area is 217 Å². The number of carboxylic acids is 1. The maximum atomic E-state index is 13.3. The van der Waals surface area contributed by atoms with E-state index in [9.17, 15) is 27.9 Å². The van der Waals surface area contributed by atoms with Gasteiger partial charge in [0.25, 0.3) is 5.91 Å². The number of methoxy groups -OCH3 is 1. The molecule has 0 aromatic heterocycles. The second-order valence-corrected chi connectivity index (χ2v) is 10.2. The highest BCUT2D eigenvalue weighted by molar-refractivity contribution is 8.00. The summed E-state index contributed by atoms with van der Waals surface area (Å²) in [6.07, 6.45) is 0.522. The molecule has 37 heavy (non-hydrogen) atoms. The lowest BCUT2D eigenvalue weighted by Crippen LogP contribution is -2.50. The van der Waals surface area contributed by atoms with Crippen LogP contribution in [-0.2, 0) is 11.4 Å². The summed E-state index contributed by atoms with van der Waals surface area (Å²) >= 11 is -0.206. The molecule has 3 aromatic carbocycles. The van der Waals surface area contributed by atoms with Crippen molar-refractivity contribution < 1.29 is 37.3 Å². The van der Waals surface area contributed by atoms with Crippen molar-refractivity contribution >= 4 is 34.4 Å². The summed E-state index contributed by atoms with van der Waals surface area (Å²) in [5.41, 5.74) is -4.35. The molecule has 0 saturated carbocycles. The number of ether oxygens (including phenoxy) is 2. The van der Waals surface area contributed by atoms with Crippen molar-refractivity contribution in [3.05, 3.63) is 65.7 Å². The molecule has 0 saturated heterocycles. The van der Waals surface area contributed by atoms with Gasteiger partial charge in [-0.15, -0.1) is 0 Å². The molecule has 0 fully saturated rings. The first-order chi connectivity index (χ1) is 17.3. The molecular formula is C27H28F3NO5S. The molecule has 6 nitrogen and oxygen atoms in total. The minimum absolute atomic E-state index is 0.0226. The van der Waals surface area contributed by atoms with Crippen molar-refractivity contribution in [2.45, 2.75) is 50.2 Å². The van der Waals surface area contributed by atoms with Gasteiger partial charge < -0.3 is 19.9 Å². The lowest BCUT2D eigenvalue weighted by Gasteiger charge is -2.31. The smallest absolute Gasteiger partial charge is 0.446 e. The molecule has 198 valence electrons. The molecule has 0 radical (unpaired) electrons. The Balaban J connectivity index is 1.95. The fraction of sp³-hybridized carbons (Fsp3) is 0.333. The Bertz CT molecular complexity index is 1280. The predicted molar refractivity (Wildman–Crippen MR) is 136 cm³/mol. The first kappa shape index (κ1) is 28.2. The van der Waals surface area contributed by atoms with Gasteiger partial charge in [0.15, 0.2) is 0 Å². The number of carboxylic acid groups (broad SMARTS) is 1. The summed E-state index contributed by atoms with van der Waals surface area (Å²) in [5, 5.41) is 13.7. The topological polar surface area (TPSA) is 84.9 Å². The molecule has 10 heteroatoms. The van der Waals surface area contributed by atoms with Gasteiger partial charge >= 0.3 is 11.5 Å². The van der Waals surface area contributed by atoms with Gasteiger partial charge in [0, 0.05) is 10.3 Å². The zero-order valence-electron chi connectivity index (χ0n) is 20.8. The summed E-state index contributed by atoms with van der Waals surface area (Å²) in [6.45, 7) is 5.34. The Morgan fingerprint density at radius 3 is 2.30 bits per heavy atom. The van der Waals surface area contributed by atoms with E-state index in [1.807, 2.05) is 6.92 Å². The Kier molecular flexibility index (Phi) is 8.63. The minimum Gasteiger partial charge on any atom is -0.497 e. The van der Waals surface area contributed by atoms with Crippen molar-refractivity contribution in [3.8, 4) is 11.5 Å². The Morgan fingerprint density at radius 1 is 1.05 bits per heavy atom. The summed E-state index contributed by atoms with van der Waals surface area (Å²) < 4.78 is 49.2. The molecule has 3 rings (SSSR count). The van der Waals surface area contributed by atoms with E-state index in [4.69, 9.17) is 9.47 Å². The predicted octanol–water partition coefficient (Wildman–Crippen LogP) is 6.66. The number of amides is 1. The van der Waals surface area contributed by atoms with Gasteiger partial charge in [0.05, 0.1) is 12.7 Å². The lowest BCUT2D eigenvalue weighted by atomic mass is 9.81. The van der Waals surface area contributed by atoms with Crippen LogP contribution in [0.5, 0.6) is 11.5 Å². The van der Waals surface area contributed by atoms with Crippen molar-refractivity contribution in [1.82, 2.24) is 5.32 Å². The SMILES string of the molecule is CCC(C)(C)[C@H](NC(=O)c1ccc2cc(OC)ccc2c1OCc1ccc(SC(F)(F)F)cc1)C(=O)O. The molecule has 0 bridgehead atoms. The van der Waals surface area contributed by atoms with Crippen molar-refractivity contribution in [2.24, 2.45) is 5.41 Å². The number of halogens is 3. The quantitative estimate of drug-likeness (QED) is 0.283. The summed E-state index contributed by atoms with van der Waals surface area (Å²) in [6, 6.07) is 13.1. The van der Waals surface area contributed by atoms with E-state index in [2.05, 4.69) is 5.32 Å². The van der Waals surface area contributed by atoms with Crippen LogP contribution in [0.2, 0.25) is 0 Å². The zero-order valence-corrected chi connectivity index (χ0v) is 21.6. The highest BCUT2D eigenvalue weighted by Gasteiger charge is 2.36. The van der Waals surface area contributed by atoms with E-state index in [0.29, 0.717) is 23.1 Å². The molecule has 1 atom stereocenters. The van der Waals surface area contributed by atoms with Crippen LogP contribution in [-0.4, -0.2) is 35.6 Å². The molecule has 0 heterocycles. The number of carbonyl (C=O) groups is 2. The summed E-state index contributed by atoms with van der Waals surface area (Å²) in [5.74, 6) is -0.933. The number of benzene rings is 3. The number of aliphatic carboxylic acids is 1. The zero-order chi connectivity index (χ0) is 27.4. The van der Waals surface area contributed by atoms with Crippen LogP contribution >= 0.6 is 11.8 Å². The number of hydrogen-bond acceptors (Lipinski definition) is 5. The van der Waals surface area contributed by atoms with E-state index >= 15 is 0 Å². The van der Waals surface area contributed by atoms with Crippen molar-refractivity contribution in [3.63, 3.8) is 0 Å². The summed E-state index contributed by atoms with van der Waals surface area (Å²) in [7, 11) is 1.53. The molecule has 3 aromatic rings. The molecule has 0 aliphatic heterocycles. The van der Waals surface area contributed by atoms with E-state index in [1.54, 1.807) is 44.2 Å². The van der Waals surface area contributed by atoms with E-state index in [0.717, 1.165) is 5.39 Å². The average Bonchev–Trinajstić information content (AvgIpc) is 2.84. The van der Waals surface area contributed by atoms with E-state index < -0.39 is 28.8 Å². The molecule has 0 aliphatic rings. The van der Waals surface area contributed by atoms with E-state index in [-0.39, 0.29) is 34.6 Å². The molecule has 1 amide bonds. The average molecular weight is 536 g/mol. The van der Waals surface area contributed by atoms with Gasteiger partial charge in [0.1, 0.15) is 24.1 Å². The standard InChI is InChI=1S/C27H28F3NO5S/c1-5-26(2,3)23(25(33)34)31-24(32)21-12-8-17-14-18(35-4)9-13-20(17)22(21)36-15-16-6-10-19(11-7-16)37-27(28,29)30/h6-14,23H,5,15H2,1-4H3,(H,31,32)(H,33,34)/t23-/m1/s1. The van der Waals surface area contributed by atoms with Crippen LogP contribution in [0.25, 0.3) is 10.8 Å². The monoisotopic (exact) mass is 535 g/mol. The van der Waals surface area contributed by atoms with Gasteiger partial charge in [-0.2, -0.15) is 13.2 Å². The minimum atomic E-state index is -4.38. The molecule has 2 N–H and O–H groups in total. The largest absolute Gasteiger partial charge is 0.497 e. The van der Waals surface area contributed by atoms with Crippen molar-refractivity contribution in [2.75, 3.05) is 7.11 Å². The highest BCUT2D eigenvalue weighted by Crippen LogP contribution is 2.37. The first-order valence-corrected chi connectivity index (χ1v) is 12.3. The van der Waals surface area contributed by atoms with Crippen LogP contribution in [0.1, 0.15) is 43.1 Å². The van der Waals surface area contributed by atoms with Gasteiger partial charge in [-0.3, -0.25) is 4.79 Å². The van der Waals surface area contributed by atoms with E-state index in [1.165, 1.54) is 31.4 Å². The Hall–Kier alpha value is -3.40. The number of carbonyl (C=O) groups excluding carboxylic acids is 1. The van der Waals surface area contributed by atoms with Crippen LogP contribution < -0.4 is 14.8 Å². The molecule has 0 spiro atoms. The molecule has 0 unspecified atom stereocenters. The summed E-state index contributed by atoms with van der Waals surface area (Å²) in [4.78, 5) is 25.3. The van der Waals surface area contributed by atoms with Crippen LogP contribution in [0, 0.1) is 5.41 Å². The third-order valence-electron chi connectivity index (χ3n) is 6.18. The second-order valence-electron chi connectivity index (χ2n) is 9.10. The highest BCUT2D eigenvalue weighted by atomic mass is 32.2. The van der Waals surface area contributed by atoms with Crippen LogP contribution in [0.4, 0.5) is 13.2 Å². The fourth-order valence-corrected chi connectivity index (χ4v) is 4.23. The van der Waals surface area contributed by atoms with Crippen LogP contribution in [0.15, 0.2) is 59.5 Å². The number of hydrogen-bond donors (Lipinski definition) is 2. The number of nitrogens with one attached hydrogen (secondary N) is 1. The van der Waals surface area contributed by atoms with Gasteiger partial charge in [-0.05, 0) is 70.9 Å². The lowest BCUT2D eigenvalue weighted by molar-refractivity contribution is -0.142. The van der Waals surface area contributed by atoms with Gasteiger partial charge in [-0.25, -0.2) is 4.79 Å². The fourth-order valence-electron chi connectivity index (χ4n) is 3.69. The maximum Gasteiger partial charge on any atom is 0.446 e. The van der Waals surface area contributed by atoms with Gasteiger partial charge in [-0.1, -0.05) is 39.0 Å². The normalized spacial score (nSPS) is 12.7. The number of fused-ring (bicyclic) bond motifs is 1. The van der Waals surface area contributed by atoms with Gasteiger partial charge in [0.2, 0.25) is 0 Å². The number of alkyl halides is 3. The third kappa shape index (κ3) is 7.09. The molecule has 0 aliphatic carbocycles. The molecular weight excluding hydrogens is 507 g/mol. The maximum absolute atomic E-state index is 13.3. The number of thioether (sulfide) groups is 1. The van der Waals surface area contributed by atoms with Crippen molar-refractivity contribution in [1.29, 1.82) is 0 Å². The number of rotatable bonds is 10. The third-order valence-corrected chi connectivity index (χ3v) is 6.92. The van der Waals surface area contributed by atoms with Crippen LogP contribution in [0.3, 0.4) is 0 Å².